The Morgan fingerprint density at radius 3 is 2.59 bits per heavy atom. The third-order valence-electron chi connectivity index (χ3n) is 5.90. The van der Waals surface area contributed by atoms with E-state index < -0.39 is 12.1 Å². The molecule has 0 saturated carbocycles. The SMILES string of the molecule is O=C(c1ccc(OC(F)(F)F)cc1)N1CCOC2(CN(Cc3ncc4ccccn34)CCO2)C1. The maximum atomic E-state index is 13.0. The molecule has 180 valence electrons. The summed E-state index contributed by atoms with van der Waals surface area (Å²) in [6.07, 6.45) is -0.987. The number of alkyl halides is 3. The van der Waals surface area contributed by atoms with Crippen molar-refractivity contribution in [2.45, 2.75) is 18.7 Å². The van der Waals surface area contributed by atoms with E-state index in [1.807, 2.05) is 35.0 Å². The molecule has 3 aromatic rings. The molecule has 11 heteroatoms. The molecule has 34 heavy (non-hydrogen) atoms. The molecule has 0 N–H and O–H groups in total. The third kappa shape index (κ3) is 4.86. The molecule has 0 aliphatic carbocycles. The Balaban J connectivity index is 1.26. The average Bonchev–Trinajstić information content (AvgIpc) is 3.21. The van der Waals surface area contributed by atoms with Gasteiger partial charge in [-0.25, -0.2) is 4.98 Å². The summed E-state index contributed by atoms with van der Waals surface area (Å²) < 4.78 is 55.1. The summed E-state index contributed by atoms with van der Waals surface area (Å²) in [4.78, 5) is 21.4. The van der Waals surface area contributed by atoms with Crippen LogP contribution < -0.4 is 4.74 Å². The van der Waals surface area contributed by atoms with E-state index in [0.29, 0.717) is 39.4 Å². The lowest BCUT2D eigenvalue weighted by atomic mass is 10.1. The number of imidazole rings is 1. The van der Waals surface area contributed by atoms with Crippen LogP contribution in [0.4, 0.5) is 13.2 Å². The molecular formula is C23H23F3N4O4. The molecule has 1 atom stereocenters. The number of hydrogen-bond donors (Lipinski definition) is 0. The Labute approximate surface area is 193 Å². The van der Waals surface area contributed by atoms with Crippen LogP contribution in [0.25, 0.3) is 5.52 Å². The molecule has 1 amide bonds. The van der Waals surface area contributed by atoms with Crippen LogP contribution in [0.1, 0.15) is 16.2 Å². The minimum Gasteiger partial charge on any atom is -0.406 e. The number of carbonyl (C=O) groups is 1. The van der Waals surface area contributed by atoms with Crippen LogP contribution in [-0.4, -0.2) is 76.6 Å². The third-order valence-corrected chi connectivity index (χ3v) is 5.90. The van der Waals surface area contributed by atoms with E-state index in [0.717, 1.165) is 23.5 Å². The van der Waals surface area contributed by atoms with E-state index in [9.17, 15) is 18.0 Å². The van der Waals surface area contributed by atoms with Crippen LogP contribution in [0, 0.1) is 0 Å². The predicted octanol–water partition coefficient (Wildman–Crippen LogP) is 2.93. The second-order valence-corrected chi connectivity index (χ2v) is 8.29. The quantitative estimate of drug-likeness (QED) is 0.577. The first-order chi connectivity index (χ1) is 16.3. The molecule has 1 unspecified atom stereocenters. The molecule has 2 aliphatic heterocycles. The van der Waals surface area contributed by atoms with Crippen molar-refractivity contribution in [2.75, 3.05) is 39.4 Å². The van der Waals surface area contributed by atoms with Crippen molar-refractivity contribution in [3.05, 3.63) is 66.2 Å². The number of benzene rings is 1. The molecule has 2 fully saturated rings. The van der Waals surface area contributed by atoms with Gasteiger partial charge in [-0.05, 0) is 36.4 Å². The maximum Gasteiger partial charge on any atom is 0.573 e. The standard InChI is InChI=1S/C23H23F3N4O4/c24-23(25,26)34-19-6-4-17(5-7-19)21(31)29-10-12-33-22(16-29)15-28(9-11-32-22)14-20-27-13-18-3-1-2-8-30(18)20/h1-8,13H,9-12,14-16H2. The number of halogens is 3. The van der Waals surface area contributed by atoms with Crippen LogP contribution in [0.5, 0.6) is 5.75 Å². The summed E-state index contributed by atoms with van der Waals surface area (Å²) in [5.41, 5.74) is 1.28. The van der Waals surface area contributed by atoms with E-state index >= 15 is 0 Å². The minimum absolute atomic E-state index is 0.214. The summed E-state index contributed by atoms with van der Waals surface area (Å²) >= 11 is 0. The fraction of sp³-hybridized carbons (Fsp3) is 0.391. The van der Waals surface area contributed by atoms with Gasteiger partial charge in [-0.2, -0.15) is 0 Å². The van der Waals surface area contributed by atoms with Crippen molar-refractivity contribution in [3.63, 3.8) is 0 Å². The minimum atomic E-state index is -4.78. The fourth-order valence-corrected chi connectivity index (χ4v) is 4.37. The molecule has 8 nitrogen and oxygen atoms in total. The summed E-state index contributed by atoms with van der Waals surface area (Å²) in [6, 6.07) is 10.8. The number of morpholine rings is 2. The zero-order valence-electron chi connectivity index (χ0n) is 18.2. The Bertz CT molecular complexity index is 1160. The van der Waals surface area contributed by atoms with Gasteiger partial charge in [0.05, 0.1) is 44.6 Å². The second-order valence-electron chi connectivity index (χ2n) is 8.29. The Kier molecular flexibility index (Phi) is 5.92. The van der Waals surface area contributed by atoms with Crippen molar-refractivity contribution in [3.8, 4) is 5.75 Å². The van der Waals surface area contributed by atoms with E-state index in [1.54, 1.807) is 4.90 Å². The van der Waals surface area contributed by atoms with Crippen molar-refractivity contribution in [1.29, 1.82) is 0 Å². The first kappa shape index (κ1) is 22.6. The number of aromatic nitrogens is 2. The molecule has 1 spiro atoms. The van der Waals surface area contributed by atoms with Gasteiger partial charge in [0.2, 0.25) is 0 Å². The number of pyridine rings is 1. The number of carbonyl (C=O) groups excluding carboxylic acids is 1. The first-order valence-corrected chi connectivity index (χ1v) is 10.9. The lowest BCUT2D eigenvalue weighted by molar-refractivity contribution is -0.287. The van der Waals surface area contributed by atoms with Crippen LogP contribution in [0.2, 0.25) is 0 Å². The first-order valence-electron chi connectivity index (χ1n) is 10.9. The molecule has 2 saturated heterocycles. The van der Waals surface area contributed by atoms with Gasteiger partial charge in [-0.3, -0.25) is 9.69 Å². The lowest BCUT2D eigenvalue weighted by Gasteiger charge is -2.47. The maximum absolute atomic E-state index is 13.0. The van der Waals surface area contributed by atoms with Gasteiger partial charge in [0, 0.05) is 24.8 Å². The van der Waals surface area contributed by atoms with Gasteiger partial charge in [-0.15, -0.1) is 13.2 Å². The number of rotatable bonds is 4. The zero-order chi connectivity index (χ0) is 23.8. The Morgan fingerprint density at radius 2 is 1.82 bits per heavy atom. The van der Waals surface area contributed by atoms with Crippen LogP contribution >= 0.6 is 0 Å². The van der Waals surface area contributed by atoms with Crippen LogP contribution in [-0.2, 0) is 16.0 Å². The van der Waals surface area contributed by atoms with Gasteiger partial charge in [-0.1, -0.05) is 6.07 Å². The second kappa shape index (κ2) is 8.90. The summed E-state index contributed by atoms with van der Waals surface area (Å²) in [5, 5.41) is 0. The number of ether oxygens (including phenoxy) is 3. The van der Waals surface area contributed by atoms with E-state index in [4.69, 9.17) is 9.47 Å². The molecule has 5 rings (SSSR count). The molecular weight excluding hydrogens is 453 g/mol. The van der Waals surface area contributed by atoms with E-state index in [2.05, 4.69) is 14.6 Å². The van der Waals surface area contributed by atoms with Crippen molar-refractivity contribution >= 4 is 11.4 Å². The highest BCUT2D eigenvalue weighted by Crippen LogP contribution is 2.28. The summed E-state index contributed by atoms with van der Waals surface area (Å²) in [7, 11) is 0. The number of nitrogens with zero attached hydrogens (tertiary/aromatic N) is 4. The lowest BCUT2D eigenvalue weighted by Crippen LogP contribution is -2.62. The Morgan fingerprint density at radius 1 is 1.06 bits per heavy atom. The van der Waals surface area contributed by atoms with Gasteiger partial charge in [0.1, 0.15) is 11.6 Å². The van der Waals surface area contributed by atoms with E-state index in [1.165, 1.54) is 12.1 Å². The Hall–Kier alpha value is -3.15. The number of hydrogen-bond acceptors (Lipinski definition) is 6. The van der Waals surface area contributed by atoms with Crippen molar-refractivity contribution in [1.82, 2.24) is 19.2 Å². The van der Waals surface area contributed by atoms with E-state index in [-0.39, 0.29) is 23.8 Å². The summed E-state index contributed by atoms with van der Waals surface area (Å²) in [6.45, 7) is 3.05. The van der Waals surface area contributed by atoms with Crippen molar-refractivity contribution < 1.29 is 32.2 Å². The highest BCUT2D eigenvalue weighted by atomic mass is 19.4. The monoisotopic (exact) mass is 476 g/mol. The van der Waals surface area contributed by atoms with Gasteiger partial charge in [0.25, 0.3) is 5.91 Å². The molecule has 0 bridgehead atoms. The summed E-state index contributed by atoms with van der Waals surface area (Å²) in [5.74, 6) is -0.752. The van der Waals surface area contributed by atoms with Gasteiger partial charge >= 0.3 is 6.36 Å². The molecule has 2 aliphatic rings. The average molecular weight is 476 g/mol. The molecule has 1 aromatic carbocycles. The topological polar surface area (TPSA) is 68.5 Å². The predicted molar refractivity (Wildman–Crippen MR) is 114 cm³/mol. The van der Waals surface area contributed by atoms with Gasteiger partial charge < -0.3 is 23.5 Å². The number of amides is 1. The molecule has 0 radical (unpaired) electrons. The van der Waals surface area contributed by atoms with Crippen molar-refractivity contribution in [2.24, 2.45) is 0 Å². The largest absolute Gasteiger partial charge is 0.573 e. The highest BCUT2D eigenvalue weighted by molar-refractivity contribution is 5.94. The van der Waals surface area contributed by atoms with Gasteiger partial charge in [0.15, 0.2) is 5.79 Å². The molecule has 4 heterocycles. The smallest absolute Gasteiger partial charge is 0.406 e. The van der Waals surface area contributed by atoms with Crippen LogP contribution in [0.3, 0.4) is 0 Å². The number of fused-ring (bicyclic) bond motifs is 1. The molecule has 2 aromatic heterocycles. The zero-order valence-corrected chi connectivity index (χ0v) is 18.2. The fourth-order valence-electron chi connectivity index (χ4n) is 4.37. The highest BCUT2D eigenvalue weighted by Gasteiger charge is 2.43. The van der Waals surface area contributed by atoms with Crippen LogP contribution in [0.15, 0.2) is 54.9 Å². The normalized spacial score (nSPS) is 21.8.